The molecule has 0 bridgehead atoms. The molecule has 5 nitrogen and oxygen atoms in total. The molecule has 0 aliphatic rings. The Morgan fingerprint density at radius 2 is 2.07 bits per heavy atom. The number of hydrogen-bond donors (Lipinski definition) is 1. The van der Waals surface area contributed by atoms with E-state index in [1.807, 2.05) is 19.9 Å². The van der Waals surface area contributed by atoms with E-state index in [1.165, 1.54) is 12.1 Å². The molecule has 0 saturated carbocycles. The van der Waals surface area contributed by atoms with Crippen molar-refractivity contribution in [2.75, 3.05) is 11.1 Å². The van der Waals surface area contributed by atoms with Crippen LogP contribution in [0.2, 0.25) is 0 Å². The SMILES string of the molecule is CCC(C)n1c(SCC(=O)Nc2ccc(Br)cc2F)nc2ccccc2c1=O. The van der Waals surface area contributed by atoms with E-state index in [2.05, 4.69) is 26.2 Å². The Balaban J connectivity index is 1.85. The maximum absolute atomic E-state index is 13.9. The average Bonchev–Trinajstić information content (AvgIpc) is 2.68. The smallest absolute Gasteiger partial charge is 0.262 e. The monoisotopic (exact) mass is 463 g/mol. The lowest BCUT2D eigenvalue weighted by Gasteiger charge is -2.18. The van der Waals surface area contributed by atoms with Crippen molar-refractivity contribution in [2.45, 2.75) is 31.5 Å². The number of carbonyl (C=O) groups is 1. The number of nitrogens with zero attached hydrogens (tertiary/aromatic N) is 2. The topological polar surface area (TPSA) is 64.0 Å². The number of fused-ring (bicyclic) bond motifs is 1. The average molecular weight is 464 g/mol. The van der Waals surface area contributed by atoms with Crippen LogP contribution in [0.15, 0.2) is 56.9 Å². The molecule has 1 atom stereocenters. The second-order valence-corrected chi connectivity index (χ2v) is 8.16. The quantitative estimate of drug-likeness (QED) is 0.412. The molecular weight excluding hydrogens is 445 g/mol. The first-order valence-electron chi connectivity index (χ1n) is 8.79. The van der Waals surface area contributed by atoms with Gasteiger partial charge in [0.2, 0.25) is 5.91 Å². The molecule has 3 rings (SSSR count). The number of thioether (sulfide) groups is 1. The number of nitrogens with one attached hydrogen (secondary N) is 1. The van der Waals surface area contributed by atoms with Gasteiger partial charge in [0.1, 0.15) is 5.82 Å². The number of halogens is 2. The summed E-state index contributed by atoms with van der Waals surface area (Å²) in [6.07, 6.45) is 0.754. The van der Waals surface area contributed by atoms with Gasteiger partial charge in [-0.1, -0.05) is 46.7 Å². The molecule has 0 aliphatic heterocycles. The molecule has 28 heavy (non-hydrogen) atoms. The number of carbonyl (C=O) groups excluding carboxylic acids is 1. The summed E-state index contributed by atoms with van der Waals surface area (Å²) >= 11 is 4.35. The molecule has 8 heteroatoms. The van der Waals surface area contributed by atoms with E-state index in [1.54, 1.807) is 28.8 Å². The highest BCUT2D eigenvalue weighted by Crippen LogP contribution is 2.23. The molecule has 146 valence electrons. The Bertz CT molecular complexity index is 1090. The first-order valence-corrected chi connectivity index (χ1v) is 10.6. The Labute approximate surface area is 174 Å². The zero-order chi connectivity index (χ0) is 20.3. The largest absolute Gasteiger partial charge is 0.323 e. The molecule has 0 saturated heterocycles. The Hall–Kier alpha value is -2.19. The third-order valence-electron chi connectivity index (χ3n) is 4.34. The standard InChI is InChI=1S/C20H19BrFN3O2S/c1-3-12(2)25-19(27)14-6-4-5-7-16(14)24-20(25)28-11-18(26)23-17-9-8-13(21)10-15(17)22/h4-10,12H,3,11H2,1-2H3,(H,23,26). The van der Waals surface area contributed by atoms with E-state index in [0.29, 0.717) is 20.5 Å². The summed E-state index contributed by atoms with van der Waals surface area (Å²) in [6.45, 7) is 3.93. The van der Waals surface area contributed by atoms with Crippen molar-refractivity contribution in [3.63, 3.8) is 0 Å². The summed E-state index contributed by atoms with van der Waals surface area (Å²) in [6, 6.07) is 11.5. The van der Waals surface area contributed by atoms with Gasteiger partial charge in [-0.05, 0) is 43.7 Å². The molecule has 1 heterocycles. The Kier molecular flexibility index (Phi) is 6.51. The van der Waals surface area contributed by atoms with Crippen molar-refractivity contribution in [3.05, 3.63) is 63.1 Å². The molecule has 0 radical (unpaired) electrons. The summed E-state index contributed by atoms with van der Waals surface area (Å²) in [7, 11) is 0. The predicted octanol–water partition coefficient (Wildman–Crippen LogP) is 5.00. The van der Waals surface area contributed by atoms with Crippen LogP contribution in [0, 0.1) is 5.82 Å². The second kappa shape index (κ2) is 8.87. The Morgan fingerprint density at radius 3 is 2.79 bits per heavy atom. The van der Waals surface area contributed by atoms with Crippen LogP contribution in [0.5, 0.6) is 0 Å². The maximum atomic E-state index is 13.9. The van der Waals surface area contributed by atoms with Gasteiger partial charge in [0.05, 0.1) is 22.3 Å². The minimum absolute atomic E-state index is 0.0106. The van der Waals surface area contributed by atoms with Gasteiger partial charge >= 0.3 is 0 Å². The van der Waals surface area contributed by atoms with E-state index in [-0.39, 0.29) is 28.9 Å². The third-order valence-corrected chi connectivity index (χ3v) is 5.79. The summed E-state index contributed by atoms with van der Waals surface area (Å²) in [5, 5.41) is 3.58. The highest BCUT2D eigenvalue weighted by molar-refractivity contribution is 9.10. The van der Waals surface area contributed by atoms with E-state index >= 15 is 0 Å². The predicted molar refractivity (Wildman–Crippen MR) is 114 cm³/mol. The van der Waals surface area contributed by atoms with Gasteiger partial charge < -0.3 is 5.32 Å². The van der Waals surface area contributed by atoms with Crippen molar-refractivity contribution in [1.82, 2.24) is 9.55 Å². The number of hydrogen-bond acceptors (Lipinski definition) is 4. The number of benzene rings is 2. The lowest BCUT2D eigenvalue weighted by atomic mass is 10.2. The molecule has 1 N–H and O–H groups in total. The molecule has 1 unspecified atom stereocenters. The van der Waals surface area contributed by atoms with Gasteiger partial charge in [0.15, 0.2) is 5.16 Å². The van der Waals surface area contributed by atoms with Crippen LogP contribution in [0.3, 0.4) is 0 Å². The van der Waals surface area contributed by atoms with Gasteiger partial charge in [-0.25, -0.2) is 9.37 Å². The van der Waals surface area contributed by atoms with Gasteiger partial charge in [-0.3, -0.25) is 14.2 Å². The van der Waals surface area contributed by atoms with Crippen molar-refractivity contribution >= 4 is 50.2 Å². The van der Waals surface area contributed by atoms with Crippen LogP contribution in [-0.4, -0.2) is 21.2 Å². The number of amides is 1. The van der Waals surface area contributed by atoms with Crippen LogP contribution in [0.1, 0.15) is 26.3 Å². The first kappa shape index (κ1) is 20.5. The minimum Gasteiger partial charge on any atom is -0.323 e. The molecule has 1 aromatic heterocycles. The van der Waals surface area contributed by atoms with Gasteiger partial charge in [0.25, 0.3) is 5.56 Å². The van der Waals surface area contributed by atoms with Crippen molar-refractivity contribution < 1.29 is 9.18 Å². The molecular formula is C20H19BrFN3O2S. The zero-order valence-electron chi connectivity index (χ0n) is 15.4. The van der Waals surface area contributed by atoms with Gasteiger partial charge in [0, 0.05) is 10.5 Å². The minimum atomic E-state index is -0.520. The summed E-state index contributed by atoms with van der Waals surface area (Å²) in [4.78, 5) is 29.8. The van der Waals surface area contributed by atoms with Gasteiger partial charge in [-0.2, -0.15) is 0 Å². The van der Waals surface area contributed by atoms with E-state index in [9.17, 15) is 14.0 Å². The summed E-state index contributed by atoms with van der Waals surface area (Å²) < 4.78 is 16.1. The lowest BCUT2D eigenvalue weighted by Crippen LogP contribution is -2.26. The first-order chi connectivity index (χ1) is 13.4. The van der Waals surface area contributed by atoms with Crippen molar-refractivity contribution in [2.24, 2.45) is 0 Å². The maximum Gasteiger partial charge on any atom is 0.262 e. The molecule has 0 spiro atoms. The lowest BCUT2D eigenvalue weighted by molar-refractivity contribution is -0.113. The number of anilines is 1. The number of para-hydroxylation sites is 1. The van der Waals surface area contributed by atoms with Crippen LogP contribution in [-0.2, 0) is 4.79 Å². The fourth-order valence-corrected chi connectivity index (χ4v) is 3.94. The zero-order valence-corrected chi connectivity index (χ0v) is 17.8. The second-order valence-electron chi connectivity index (χ2n) is 6.30. The fraction of sp³-hybridized carbons (Fsp3) is 0.250. The van der Waals surface area contributed by atoms with Crippen molar-refractivity contribution in [1.29, 1.82) is 0 Å². The van der Waals surface area contributed by atoms with Crippen LogP contribution >= 0.6 is 27.7 Å². The van der Waals surface area contributed by atoms with E-state index in [0.717, 1.165) is 18.2 Å². The number of aromatic nitrogens is 2. The van der Waals surface area contributed by atoms with E-state index in [4.69, 9.17) is 0 Å². The molecule has 2 aromatic carbocycles. The fourth-order valence-electron chi connectivity index (χ4n) is 2.71. The number of rotatable bonds is 6. The summed E-state index contributed by atoms with van der Waals surface area (Å²) in [5.41, 5.74) is 0.579. The van der Waals surface area contributed by atoms with Crippen LogP contribution in [0.4, 0.5) is 10.1 Å². The van der Waals surface area contributed by atoms with Crippen molar-refractivity contribution in [3.8, 4) is 0 Å². The van der Waals surface area contributed by atoms with Crippen LogP contribution in [0.25, 0.3) is 10.9 Å². The highest BCUT2D eigenvalue weighted by atomic mass is 79.9. The molecule has 0 aliphatic carbocycles. The summed E-state index contributed by atoms with van der Waals surface area (Å²) in [5.74, 6) is -0.881. The Morgan fingerprint density at radius 1 is 1.32 bits per heavy atom. The third kappa shape index (κ3) is 4.44. The molecule has 1 amide bonds. The molecule has 0 fully saturated rings. The highest BCUT2D eigenvalue weighted by Gasteiger charge is 2.17. The van der Waals surface area contributed by atoms with E-state index < -0.39 is 5.82 Å². The normalized spacial score (nSPS) is 12.1. The van der Waals surface area contributed by atoms with Crippen LogP contribution < -0.4 is 10.9 Å². The molecule has 3 aromatic rings. The van der Waals surface area contributed by atoms with Gasteiger partial charge in [-0.15, -0.1) is 0 Å².